The summed E-state index contributed by atoms with van der Waals surface area (Å²) in [5.74, 6) is 6.36. The molecule has 0 aliphatic heterocycles. The Morgan fingerprint density at radius 2 is 2.00 bits per heavy atom. The maximum atomic E-state index is 5.53. The highest BCUT2D eigenvalue weighted by Gasteiger charge is 2.29. The first-order valence-electron chi connectivity index (χ1n) is 5.40. The Morgan fingerprint density at radius 1 is 1.29 bits per heavy atom. The van der Waals surface area contributed by atoms with E-state index in [1.807, 2.05) is 0 Å². The molecule has 14 heavy (non-hydrogen) atoms. The molecule has 2 rings (SSSR count). The summed E-state index contributed by atoms with van der Waals surface area (Å²) in [6.07, 6.45) is 4.99. The van der Waals surface area contributed by atoms with Crippen LogP contribution < -0.4 is 11.3 Å². The van der Waals surface area contributed by atoms with Crippen LogP contribution in [0, 0.1) is 5.92 Å². The topological polar surface area (TPSA) is 38.0 Å². The number of nitrogens with two attached hydrogens (primary N) is 1. The molecule has 0 saturated heterocycles. The number of nitrogens with one attached hydrogen (secondary N) is 1. The minimum Gasteiger partial charge on any atom is -0.271 e. The van der Waals surface area contributed by atoms with Crippen LogP contribution in [0.2, 0.25) is 0 Å². The first-order chi connectivity index (χ1) is 6.90. The van der Waals surface area contributed by atoms with Crippen molar-refractivity contribution in [2.24, 2.45) is 11.8 Å². The zero-order valence-corrected chi connectivity index (χ0v) is 8.45. The lowest BCUT2D eigenvalue weighted by Gasteiger charge is -2.14. The lowest BCUT2D eigenvalue weighted by atomic mass is 10.0. The second-order valence-corrected chi connectivity index (χ2v) is 4.13. The minimum atomic E-state index is 0.523. The van der Waals surface area contributed by atoms with Crippen molar-refractivity contribution in [1.82, 2.24) is 5.43 Å². The van der Waals surface area contributed by atoms with Crippen molar-refractivity contribution < 1.29 is 0 Å². The zero-order chi connectivity index (χ0) is 9.80. The Balaban J connectivity index is 1.81. The number of aryl methyl sites for hydroxylation is 1. The Morgan fingerprint density at radius 3 is 2.57 bits per heavy atom. The molecule has 1 atom stereocenters. The van der Waals surface area contributed by atoms with Crippen molar-refractivity contribution in [2.45, 2.75) is 31.7 Å². The minimum absolute atomic E-state index is 0.523. The van der Waals surface area contributed by atoms with Gasteiger partial charge in [0.1, 0.15) is 0 Å². The second kappa shape index (κ2) is 4.58. The normalized spacial score (nSPS) is 18.1. The van der Waals surface area contributed by atoms with E-state index in [-0.39, 0.29) is 0 Å². The van der Waals surface area contributed by atoms with E-state index in [1.165, 1.54) is 18.4 Å². The molecule has 1 aliphatic rings. The second-order valence-electron chi connectivity index (χ2n) is 4.13. The SMILES string of the molecule is NNC(CCc1ccccc1)C1CC1. The first-order valence-corrected chi connectivity index (χ1v) is 5.40. The number of hydrogen-bond acceptors (Lipinski definition) is 2. The number of hydrazine groups is 1. The molecule has 0 heterocycles. The van der Waals surface area contributed by atoms with Gasteiger partial charge in [0.15, 0.2) is 0 Å². The maximum absolute atomic E-state index is 5.53. The van der Waals surface area contributed by atoms with Crippen LogP contribution in [0.15, 0.2) is 30.3 Å². The fourth-order valence-electron chi connectivity index (χ4n) is 1.92. The van der Waals surface area contributed by atoms with Crippen LogP contribution in [0.4, 0.5) is 0 Å². The van der Waals surface area contributed by atoms with Crippen LogP contribution in [0.5, 0.6) is 0 Å². The summed E-state index contributed by atoms with van der Waals surface area (Å²) < 4.78 is 0. The number of rotatable bonds is 5. The summed E-state index contributed by atoms with van der Waals surface area (Å²) in [6.45, 7) is 0. The van der Waals surface area contributed by atoms with E-state index in [2.05, 4.69) is 35.8 Å². The summed E-state index contributed by atoms with van der Waals surface area (Å²) in [5, 5.41) is 0. The van der Waals surface area contributed by atoms with Gasteiger partial charge in [0.05, 0.1) is 0 Å². The molecular formula is C12H18N2. The summed E-state index contributed by atoms with van der Waals surface area (Å²) in [6, 6.07) is 11.1. The first kappa shape index (κ1) is 9.69. The predicted octanol–water partition coefficient (Wildman–Crippen LogP) is 1.86. The van der Waals surface area contributed by atoms with Gasteiger partial charge < -0.3 is 0 Å². The molecule has 0 spiro atoms. The standard InChI is InChI=1S/C12H18N2/c13-14-12(11-7-8-11)9-6-10-4-2-1-3-5-10/h1-5,11-12,14H,6-9,13H2. The van der Waals surface area contributed by atoms with Crippen LogP contribution >= 0.6 is 0 Å². The van der Waals surface area contributed by atoms with E-state index >= 15 is 0 Å². The van der Waals surface area contributed by atoms with Gasteiger partial charge in [-0.3, -0.25) is 11.3 Å². The average molecular weight is 190 g/mol. The third kappa shape index (κ3) is 2.56. The third-order valence-corrected chi connectivity index (χ3v) is 2.99. The van der Waals surface area contributed by atoms with Gasteiger partial charge in [-0.25, -0.2) is 0 Å². The molecule has 1 aromatic carbocycles. The molecular weight excluding hydrogens is 172 g/mol. The molecule has 2 heteroatoms. The van der Waals surface area contributed by atoms with Crippen LogP contribution in [0.3, 0.4) is 0 Å². The fourth-order valence-corrected chi connectivity index (χ4v) is 1.92. The van der Waals surface area contributed by atoms with E-state index in [9.17, 15) is 0 Å². The highest BCUT2D eigenvalue weighted by Crippen LogP contribution is 2.34. The highest BCUT2D eigenvalue weighted by molar-refractivity contribution is 5.14. The zero-order valence-electron chi connectivity index (χ0n) is 8.45. The van der Waals surface area contributed by atoms with Crippen LogP contribution in [0.1, 0.15) is 24.8 Å². The van der Waals surface area contributed by atoms with Crippen molar-refractivity contribution in [2.75, 3.05) is 0 Å². The van der Waals surface area contributed by atoms with Crippen molar-refractivity contribution in [1.29, 1.82) is 0 Å². The predicted molar refractivity (Wildman–Crippen MR) is 58.6 cm³/mol. The Hall–Kier alpha value is -0.860. The molecule has 0 aromatic heterocycles. The molecule has 2 nitrogen and oxygen atoms in total. The molecule has 1 fully saturated rings. The Bertz CT molecular complexity index is 267. The van der Waals surface area contributed by atoms with Crippen molar-refractivity contribution in [3.63, 3.8) is 0 Å². The van der Waals surface area contributed by atoms with Gasteiger partial charge in [-0.15, -0.1) is 0 Å². The van der Waals surface area contributed by atoms with Crippen molar-refractivity contribution >= 4 is 0 Å². The van der Waals surface area contributed by atoms with E-state index in [1.54, 1.807) is 0 Å². The summed E-state index contributed by atoms with van der Waals surface area (Å²) in [7, 11) is 0. The Labute approximate surface area is 85.5 Å². The molecule has 0 bridgehead atoms. The smallest absolute Gasteiger partial charge is 0.0241 e. The van der Waals surface area contributed by atoms with Gasteiger partial charge in [-0.05, 0) is 37.2 Å². The summed E-state index contributed by atoms with van der Waals surface area (Å²) in [4.78, 5) is 0. The van der Waals surface area contributed by atoms with E-state index in [0.717, 1.165) is 18.8 Å². The molecule has 1 aliphatic carbocycles. The van der Waals surface area contributed by atoms with Crippen LogP contribution in [-0.2, 0) is 6.42 Å². The fraction of sp³-hybridized carbons (Fsp3) is 0.500. The molecule has 1 saturated carbocycles. The third-order valence-electron chi connectivity index (χ3n) is 2.99. The molecule has 1 unspecified atom stereocenters. The molecule has 1 aromatic rings. The summed E-state index contributed by atoms with van der Waals surface area (Å²) >= 11 is 0. The van der Waals surface area contributed by atoms with E-state index in [4.69, 9.17) is 5.84 Å². The molecule has 3 N–H and O–H groups in total. The van der Waals surface area contributed by atoms with Gasteiger partial charge in [-0.2, -0.15) is 0 Å². The highest BCUT2D eigenvalue weighted by atomic mass is 15.2. The van der Waals surface area contributed by atoms with Gasteiger partial charge in [0.25, 0.3) is 0 Å². The molecule has 76 valence electrons. The van der Waals surface area contributed by atoms with Gasteiger partial charge >= 0.3 is 0 Å². The lowest BCUT2D eigenvalue weighted by molar-refractivity contribution is 0.446. The monoisotopic (exact) mass is 190 g/mol. The van der Waals surface area contributed by atoms with Gasteiger partial charge in [0.2, 0.25) is 0 Å². The number of hydrogen-bond donors (Lipinski definition) is 2. The van der Waals surface area contributed by atoms with Gasteiger partial charge in [-0.1, -0.05) is 30.3 Å². The molecule has 0 amide bonds. The van der Waals surface area contributed by atoms with Crippen molar-refractivity contribution in [3.05, 3.63) is 35.9 Å². The average Bonchev–Trinajstić information content (AvgIpc) is 3.05. The van der Waals surface area contributed by atoms with E-state index < -0.39 is 0 Å². The van der Waals surface area contributed by atoms with Crippen LogP contribution in [-0.4, -0.2) is 6.04 Å². The molecule has 0 radical (unpaired) electrons. The van der Waals surface area contributed by atoms with Crippen LogP contribution in [0.25, 0.3) is 0 Å². The van der Waals surface area contributed by atoms with Gasteiger partial charge in [0, 0.05) is 6.04 Å². The Kier molecular flexibility index (Phi) is 3.17. The largest absolute Gasteiger partial charge is 0.271 e. The lowest BCUT2D eigenvalue weighted by Crippen LogP contribution is -2.37. The van der Waals surface area contributed by atoms with Crippen molar-refractivity contribution in [3.8, 4) is 0 Å². The summed E-state index contributed by atoms with van der Waals surface area (Å²) in [5.41, 5.74) is 4.34. The maximum Gasteiger partial charge on any atom is 0.0241 e. The quantitative estimate of drug-likeness (QED) is 0.549. The number of benzene rings is 1. The van der Waals surface area contributed by atoms with E-state index in [0.29, 0.717) is 6.04 Å².